The van der Waals surface area contributed by atoms with E-state index in [2.05, 4.69) is 5.16 Å². The monoisotopic (exact) mass is 310 g/mol. The van der Waals surface area contributed by atoms with Crippen molar-refractivity contribution in [3.63, 3.8) is 0 Å². The Labute approximate surface area is 135 Å². The minimum Gasteiger partial charge on any atom is -0.497 e. The summed E-state index contributed by atoms with van der Waals surface area (Å²) >= 11 is 0. The third kappa shape index (κ3) is 5.67. The highest BCUT2D eigenvalue weighted by Crippen LogP contribution is 2.11. The van der Waals surface area contributed by atoms with Crippen LogP contribution < -0.4 is 10.5 Å². The number of amidine groups is 1. The molecule has 2 rings (SSSR count). The zero-order chi connectivity index (χ0) is 16.5. The first-order valence-corrected chi connectivity index (χ1v) is 7.07. The number of nitrogens with two attached hydrogens (primary N) is 1. The number of hydrogen-bond acceptors (Lipinski definition) is 4. The van der Waals surface area contributed by atoms with Gasteiger partial charge in [0.2, 0.25) is 0 Å². The summed E-state index contributed by atoms with van der Waals surface area (Å²) in [6.07, 6.45) is 3.34. The molecule has 0 radical (unpaired) electrons. The summed E-state index contributed by atoms with van der Waals surface area (Å²) in [5.74, 6) is 0.407. The van der Waals surface area contributed by atoms with Gasteiger partial charge >= 0.3 is 5.97 Å². The Bertz CT molecular complexity index is 692. The number of hydrogen-bond donors (Lipinski definition) is 1. The number of methoxy groups -OCH3 is 1. The number of carbonyl (C=O) groups excluding carboxylic acids is 1. The van der Waals surface area contributed by atoms with Crippen LogP contribution in [0.25, 0.3) is 6.08 Å². The van der Waals surface area contributed by atoms with E-state index in [-0.39, 0.29) is 5.84 Å². The van der Waals surface area contributed by atoms with E-state index in [0.717, 1.165) is 16.9 Å². The van der Waals surface area contributed by atoms with Crippen LogP contribution in [0.5, 0.6) is 5.75 Å². The van der Waals surface area contributed by atoms with Gasteiger partial charge in [-0.3, -0.25) is 0 Å². The minimum atomic E-state index is -0.577. The molecule has 0 saturated heterocycles. The van der Waals surface area contributed by atoms with Crippen LogP contribution in [0, 0.1) is 0 Å². The Morgan fingerprint density at radius 1 is 1.13 bits per heavy atom. The van der Waals surface area contributed by atoms with Gasteiger partial charge in [0.15, 0.2) is 0 Å². The second kappa shape index (κ2) is 8.38. The van der Waals surface area contributed by atoms with Gasteiger partial charge in [0, 0.05) is 12.5 Å². The average molecular weight is 310 g/mol. The molecule has 0 amide bonds. The number of benzene rings is 2. The summed E-state index contributed by atoms with van der Waals surface area (Å²) in [5.41, 5.74) is 7.60. The molecule has 23 heavy (non-hydrogen) atoms. The predicted molar refractivity (Wildman–Crippen MR) is 89.9 cm³/mol. The molecule has 0 spiro atoms. The second-order valence-electron chi connectivity index (χ2n) is 4.76. The molecule has 118 valence electrons. The highest BCUT2D eigenvalue weighted by Gasteiger charge is 2.01. The normalized spacial score (nSPS) is 11.4. The maximum absolute atomic E-state index is 11.6. The van der Waals surface area contributed by atoms with Crippen molar-refractivity contribution < 1.29 is 14.4 Å². The van der Waals surface area contributed by atoms with E-state index in [9.17, 15) is 4.79 Å². The van der Waals surface area contributed by atoms with E-state index in [1.165, 1.54) is 6.08 Å². The lowest BCUT2D eigenvalue weighted by Gasteiger charge is -2.02. The van der Waals surface area contributed by atoms with Crippen LogP contribution >= 0.6 is 0 Å². The number of ether oxygens (including phenoxy) is 1. The van der Waals surface area contributed by atoms with E-state index in [1.54, 1.807) is 13.2 Å². The van der Waals surface area contributed by atoms with Crippen LogP contribution in [-0.4, -0.2) is 18.9 Å². The summed E-state index contributed by atoms with van der Waals surface area (Å²) in [4.78, 5) is 16.3. The first-order valence-electron chi connectivity index (χ1n) is 7.07. The molecular formula is C18H18N2O3. The van der Waals surface area contributed by atoms with E-state index in [4.69, 9.17) is 15.3 Å². The Morgan fingerprint density at radius 2 is 1.83 bits per heavy atom. The fourth-order valence-corrected chi connectivity index (χ4v) is 1.85. The molecular weight excluding hydrogens is 292 g/mol. The second-order valence-corrected chi connectivity index (χ2v) is 4.76. The minimum absolute atomic E-state index is 0.219. The van der Waals surface area contributed by atoms with E-state index < -0.39 is 5.97 Å². The number of oxime groups is 1. The molecule has 2 aromatic carbocycles. The Hall–Kier alpha value is -3.08. The van der Waals surface area contributed by atoms with Crippen molar-refractivity contribution in [1.82, 2.24) is 0 Å². The highest BCUT2D eigenvalue weighted by atomic mass is 16.7. The fraction of sp³-hybridized carbons (Fsp3) is 0.111. The smallest absolute Gasteiger partial charge is 0.358 e. The third-order valence-corrected chi connectivity index (χ3v) is 3.01. The van der Waals surface area contributed by atoms with Crippen molar-refractivity contribution in [3.8, 4) is 5.75 Å². The summed E-state index contributed by atoms with van der Waals surface area (Å²) < 4.78 is 5.08. The molecule has 0 bridgehead atoms. The van der Waals surface area contributed by atoms with Gasteiger partial charge in [-0.25, -0.2) is 4.79 Å². The zero-order valence-corrected chi connectivity index (χ0v) is 12.8. The molecule has 0 atom stereocenters. The molecule has 0 aliphatic heterocycles. The standard InChI is InChI=1S/C18H18N2O3/c1-22-16-10-7-15(8-11-16)13-17(19)20-23-18(21)12-9-14-5-3-2-4-6-14/h2-12H,13H2,1H3,(H2,19,20)/b12-9+. The SMILES string of the molecule is COc1ccc(C/C(N)=N/OC(=O)/C=C/c2ccccc2)cc1. The molecule has 0 aromatic heterocycles. The molecule has 5 heteroatoms. The van der Waals surface area contributed by atoms with Crippen molar-refractivity contribution in [3.05, 3.63) is 71.8 Å². The van der Waals surface area contributed by atoms with Gasteiger partial charge in [-0.2, -0.15) is 0 Å². The van der Waals surface area contributed by atoms with Crippen LogP contribution in [0.1, 0.15) is 11.1 Å². The summed E-state index contributed by atoms with van der Waals surface area (Å²) in [6.45, 7) is 0. The van der Waals surface area contributed by atoms with E-state index in [1.807, 2.05) is 54.6 Å². The Kier molecular flexibility index (Phi) is 5.94. The van der Waals surface area contributed by atoms with Crippen LogP contribution in [0.4, 0.5) is 0 Å². The van der Waals surface area contributed by atoms with Crippen molar-refractivity contribution in [2.45, 2.75) is 6.42 Å². The topological polar surface area (TPSA) is 73.9 Å². The fourth-order valence-electron chi connectivity index (χ4n) is 1.85. The van der Waals surface area contributed by atoms with E-state index in [0.29, 0.717) is 6.42 Å². The highest BCUT2D eigenvalue weighted by molar-refractivity contribution is 5.88. The molecule has 2 N–H and O–H groups in total. The summed E-state index contributed by atoms with van der Waals surface area (Å²) in [6, 6.07) is 16.8. The van der Waals surface area contributed by atoms with Gasteiger partial charge in [0.1, 0.15) is 11.6 Å². The maximum Gasteiger partial charge on any atom is 0.358 e. The van der Waals surface area contributed by atoms with Gasteiger partial charge in [0.05, 0.1) is 7.11 Å². The quantitative estimate of drug-likeness (QED) is 0.293. The van der Waals surface area contributed by atoms with Crippen LogP contribution in [0.3, 0.4) is 0 Å². The molecule has 0 aliphatic rings. The molecule has 5 nitrogen and oxygen atoms in total. The van der Waals surface area contributed by atoms with Gasteiger partial charge in [-0.05, 0) is 29.3 Å². The van der Waals surface area contributed by atoms with Crippen molar-refractivity contribution in [2.75, 3.05) is 7.11 Å². The summed E-state index contributed by atoms with van der Waals surface area (Å²) in [7, 11) is 1.60. The average Bonchev–Trinajstić information content (AvgIpc) is 2.60. The molecule has 2 aromatic rings. The largest absolute Gasteiger partial charge is 0.497 e. The van der Waals surface area contributed by atoms with Gasteiger partial charge in [0.25, 0.3) is 0 Å². The lowest BCUT2D eigenvalue weighted by molar-refractivity contribution is -0.137. The van der Waals surface area contributed by atoms with Gasteiger partial charge in [-0.15, -0.1) is 0 Å². The first-order chi connectivity index (χ1) is 11.2. The predicted octanol–water partition coefficient (Wildman–Crippen LogP) is 2.77. The van der Waals surface area contributed by atoms with Gasteiger partial charge < -0.3 is 15.3 Å². The van der Waals surface area contributed by atoms with E-state index >= 15 is 0 Å². The van der Waals surface area contributed by atoms with Crippen LogP contribution in [0.15, 0.2) is 65.8 Å². The zero-order valence-electron chi connectivity index (χ0n) is 12.8. The lowest BCUT2D eigenvalue weighted by atomic mass is 10.1. The third-order valence-electron chi connectivity index (χ3n) is 3.01. The lowest BCUT2D eigenvalue weighted by Crippen LogP contribution is -2.16. The maximum atomic E-state index is 11.6. The van der Waals surface area contributed by atoms with Crippen molar-refractivity contribution >= 4 is 17.9 Å². The number of rotatable bonds is 6. The Balaban J connectivity index is 1.85. The summed E-state index contributed by atoms with van der Waals surface area (Å²) in [5, 5.41) is 3.64. The molecule has 0 fully saturated rings. The molecule has 0 unspecified atom stereocenters. The first kappa shape index (κ1) is 16.3. The molecule has 0 aliphatic carbocycles. The Morgan fingerprint density at radius 3 is 2.48 bits per heavy atom. The molecule has 0 saturated carbocycles. The number of carbonyl (C=O) groups is 1. The van der Waals surface area contributed by atoms with Crippen molar-refractivity contribution in [2.24, 2.45) is 10.9 Å². The number of nitrogens with zero attached hydrogens (tertiary/aromatic N) is 1. The van der Waals surface area contributed by atoms with Crippen LogP contribution in [-0.2, 0) is 16.1 Å². The van der Waals surface area contributed by atoms with Crippen molar-refractivity contribution in [1.29, 1.82) is 0 Å². The van der Waals surface area contributed by atoms with Gasteiger partial charge in [-0.1, -0.05) is 47.6 Å². The molecule has 0 heterocycles. The van der Waals surface area contributed by atoms with Crippen LogP contribution in [0.2, 0.25) is 0 Å².